The van der Waals surface area contributed by atoms with Crippen LogP contribution in [0.3, 0.4) is 0 Å². The number of nitrogens with one attached hydrogen (secondary N) is 1. The molecule has 0 heterocycles. The fourth-order valence-corrected chi connectivity index (χ4v) is 3.29. The number of aryl methyl sites for hydroxylation is 2. The Morgan fingerprint density at radius 3 is 2.33 bits per heavy atom. The van der Waals surface area contributed by atoms with Gasteiger partial charge < -0.3 is 5.32 Å². The minimum absolute atomic E-state index is 0.104. The highest BCUT2D eigenvalue weighted by Gasteiger charge is 2.11. The second-order valence-electron chi connectivity index (χ2n) is 4.88. The molecule has 0 bridgehead atoms. The Labute approximate surface area is 142 Å². The number of halogens is 3. The molecule has 21 heavy (non-hydrogen) atoms. The molecule has 0 saturated heterocycles. The minimum Gasteiger partial charge on any atom is -0.325 e. The van der Waals surface area contributed by atoms with Crippen molar-refractivity contribution in [2.45, 2.75) is 20.3 Å². The predicted octanol–water partition coefficient (Wildman–Crippen LogP) is 5.55. The summed E-state index contributed by atoms with van der Waals surface area (Å²) in [5.41, 5.74) is 3.62. The third-order valence-corrected chi connectivity index (χ3v) is 4.17. The number of amides is 1. The van der Waals surface area contributed by atoms with Gasteiger partial charge in [-0.2, -0.15) is 0 Å². The van der Waals surface area contributed by atoms with Gasteiger partial charge in [-0.1, -0.05) is 45.2 Å². The van der Waals surface area contributed by atoms with Gasteiger partial charge in [0.15, 0.2) is 0 Å². The predicted molar refractivity (Wildman–Crippen MR) is 92.4 cm³/mol. The Balaban J connectivity index is 2.16. The van der Waals surface area contributed by atoms with E-state index in [9.17, 15) is 4.79 Å². The first-order valence-corrected chi connectivity index (χ1v) is 7.92. The summed E-state index contributed by atoms with van der Waals surface area (Å²) in [5.74, 6) is -0.104. The lowest BCUT2D eigenvalue weighted by molar-refractivity contribution is -0.115. The summed E-state index contributed by atoms with van der Waals surface area (Å²) in [7, 11) is 0. The fourth-order valence-electron chi connectivity index (χ4n) is 2.13. The molecule has 0 atom stereocenters. The molecule has 2 aromatic carbocycles. The van der Waals surface area contributed by atoms with E-state index in [-0.39, 0.29) is 12.3 Å². The zero-order valence-electron chi connectivity index (χ0n) is 11.6. The summed E-state index contributed by atoms with van der Waals surface area (Å²) < 4.78 is 0.997. The third-order valence-electron chi connectivity index (χ3n) is 3.13. The molecule has 2 rings (SSSR count). The number of anilines is 1. The highest BCUT2D eigenvalue weighted by molar-refractivity contribution is 9.10. The molecular formula is C16H14BrCl2NO. The van der Waals surface area contributed by atoms with E-state index in [0.717, 1.165) is 26.9 Å². The van der Waals surface area contributed by atoms with E-state index >= 15 is 0 Å². The molecule has 0 aliphatic carbocycles. The first-order chi connectivity index (χ1) is 9.86. The Bertz CT molecular complexity index is 678. The van der Waals surface area contributed by atoms with Crippen molar-refractivity contribution < 1.29 is 4.79 Å². The van der Waals surface area contributed by atoms with E-state index in [1.54, 1.807) is 18.2 Å². The summed E-state index contributed by atoms with van der Waals surface area (Å²) in [6, 6.07) is 9.08. The van der Waals surface area contributed by atoms with Crippen LogP contribution < -0.4 is 5.32 Å². The molecule has 0 aromatic heterocycles. The molecular weight excluding hydrogens is 373 g/mol. The van der Waals surface area contributed by atoms with E-state index in [4.69, 9.17) is 23.2 Å². The van der Waals surface area contributed by atoms with Crippen LogP contribution in [0.1, 0.15) is 16.7 Å². The first-order valence-electron chi connectivity index (χ1n) is 6.37. The molecule has 0 aliphatic heterocycles. The summed E-state index contributed by atoms with van der Waals surface area (Å²) in [6.07, 6.45) is 0.213. The number of hydrogen-bond donors (Lipinski definition) is 1. The maximum absolute atomic E-state index is 12.2. The lowest BCUT2D eigenvalue weighted by Gasteiger charge is -2.13. The molecule has 5 heteroatoms. The monoisotopic (exact) mass is 385 g/mol. The molecule has 0 saturated carbocycles. The molecule has 1 amide bonds. The summed E-state index contributed by atoms with van der Waals surface area (Å²) in [6.45, 7) is 3.92. The topological polar surface area (TPSA) is 29.1 Å². The molecule has 110 valence electrons. The van der Waals surface area contributed by atoms with Crippen LogP contribution in [-0.4, -0.2) is 5.91 Å². The number of rotatable bonds is 3. The average Bonchev–Trinajstić information content (AvgIpc) is 2.37. The van der Waals surface area contributed by atoms with Crippen molar-refractivity contribution in [3.8, 4) is 0 Å². The molecule has 2 aromatic rings. The maximum atomic E-state index is 12.2. The van der Waals surface area contributed by atoms with Gasteiger partial charge in [0.1, 0.15) is 0 Å². The first kappa shape index (κ1) is 16.3. The average molecular weight is 387 g/mol. The van der Waals surface area contributed by atoms with Crippen LogP contribution in [0.4, 0.5) is 5.69 Å². The molecule has 0 aliphatic rings. The number of carbonyl (C=O) groups is 1. The molecule has 2 nitrogen and oxygen atoms in total. The van der Waals surface area contributed by atoms with Crippen molar-refractivity contribution in [1.29, 1.82) is 0 Å². The SMILES string of the molecule is Cc1cc(Br)cc(C)c1NC(=O)Cc1ccc(Cl)cc1Cl. The Morgan fingerprint density at radius 2 is 1.76 bits per heavy atom. The third kappa shape index (κ3) is 4.22. The van der Waals surface area contributed by atoms with E-state index in [1.807, 2.05) is 26.0 Å². The highest BCUT2D eigenvalue weighted by Crippen LogP contribution is 2.26. The van der Waals surface area contributed by atoms with Crippen LogP contribution >= 0.6 is 39.1 Å². The molecule has 0 spiro atoms. The lowest BCUT2D eigenvalue weighted by Crippen LogP contribution is -2.16. The second kappa shape index (κ2) is 6.82. The van der Waals surface area contributed by atoms with Crippen LogP contribution in [0.2, 0.25) is 10.0 Å². The molecule has 1 N–H and O–H groups in total. The zero-order chi connectivity index (χ0) is 15.6. The Kier molecular flexibility index (Phi) is 5.31. The summed E-state index contributed by atoms with van der Waals surface area (Å²) in [4.78, 5) is 12.2. The van der Waals surface area contributed by atoms with Crippen molar-refractivity contribution in [2.24, 2.45) is 0 Å². The van der Waals surface area contributed by atoms with Crippen LogP contribution in [0.5, 0.6) is 0 Å². The Morgan fingerprint density at radius 1 is 1.14 bits per heavy atom. The van der Waals surface area contributed by atoms with Gasteiger partial charge in [0.05, 0.1) is 6.42 Å². The van der Waals surface area contributed by atoms with Gasteiger partial charge in [-0.25, -0.2) is 0 Å². The van der Waals surface area contributed by atoms with E-state index in [2.05, 4.69) is 21.2 Å². The maximum Gasteiger partial charge on any atom is 0.228 e. The van der Waals surface area contributed by atoms with Gasteiger partial charge in [0.25, 0.3) is 0 Å². The van der Waals surface area contributed by atoms with Crippen molar-refractivity contribution >= 4 is 50.7 Å². The number of hydrogen-bond acceptors (Lipinski definition) is 1. The van der Waals surface area contributed by atoms with Gasteiger partial charge >= 0.3 is 0 Å². The number of benzene rings is 2. The van der Waals surface area contributed by atoms with Crippen molar-refractivity contribution in [1.82, 2.24) is 0 Å². The van der Waals surface area contributed by atoms with Gasteiger partial charge in [0.2, 0.25) is 5.91 Å². The summed E-state index contributed by atoms with van der Waals surface area (Å²) >= 11 is 15.4. The normalized spacial score (nSPS) is 10.5. The van der Waals surface area contributed by atoms with E-state index in [1.165, 1.54) is 0 Å². The van der Waals surface area contributed by atoms with Crippen molar-refractivity contribution in [3.05, 3.63) is 61.5 Å². The summed E-state index contributed by atoms with van der Waals surface area (Å²) in [5, 5.41) is 4.01. The molecule has 0 fully saturated rings. The van der Waals surface area contributed by atoms with Crippen LogP contribution in [0.15, 0.2) is 34.8 Å². The van der Waals surface area contributed by atoms with Crippen molar-refractivity contribution in [2.75, 3.05) is 5.32 Å². The smallest absolute Gasteiger partial charge is 0.228 e. The van der Waals surface area contributed by atoms with Crippen LogP contribution in [-0.2, 0) is 11.2 Å². The standard InChI is InChI=1S/C16H14BrCl2NO/c1-9-5-12(17)6-10(2)16(9)20-15(21)7-11-3-4-13(18)8-14(11)19/h3-6,8H,7H2,1-2H3,(H,20,21). The van der Waals surface area contributed by atoms with Crippen molar-refractivity contribution in [3.63, 3.8) is 0 Å². The zero-order valence-corrected chi connectivity index (χ0v) is 14.7. The Hall–Kier alpha value is -1.03. The lowest BCUT2D eigenvalue weighted by atomic mass is 10.1. The van der Waals surface area contributed by atoms with E-state index < -0.39 is 0 Å². The second-order valence-corrected chi connectivity index (χ2v) is 6.63. The number of carbonyl (C=O) groups excluding carboxylic acids is 1. The quantitative estimate of drug-likeness (QED) is 0.735. The van der Waals surface area contributed by atoms with Gasteiger partial charge in [-0.15, -0.1) is 0 Å². The molecule has 0 unspecified atom stereocenters. The fraction of sp³-hybridized carbons (Fsp3) is 0.188. The van der Waals surface area contributed by atoms with Gasteiger partial charge in [-0.3, -0.25) is 4.79 Å². The minimum atomic E-state index is -0.104. The highest BCUT2D eigenvalue weighted by atomic mass is 79.9. The van der Waals surface area contributed by atoms with Crippen LogP contribution in [0, 0.1) is 13.8 Å². The largest absolute Gasteiger partial charge is 0.325 e. The molecule has 0 radical (unpaired) electrons. The van der Waals surface area contributed by atoms with Crippen LogP contribution in [0.25, 0.3) is 0 Å². The van der Waals surface area contributed by atoms with Gasteiger partial charge in [-0.05, 0) is 54.8 Å². The van der Waals surface area contributed by atoms with Gasteiger partial charge in [0, 0.05) is 20.2 Å². The van der Waals surface area contributed by atoms with E-state index in [0.29, 0.717) is 10.0 Å².